The molecule has 0 aliphatic carbocycles. The Balaban J connectivity index is 1.24. The summed E-state index contributed by atoms with van der Waals surface area (Å²) in [6, 6.07) is 11.8. The highest BCUT2D eigenvalue weighted by atomic mass is 35.5. The van der Waals surface area contributed by atoms with Crippen LogP contribution in [0.5, 0.6) is 11.8 Å². The fourth-order valence-corrected chi connectivity index (χ4v) is 7.10. The molecule has 2 atom stereocenters. The van der Waals surface area contributed by atoms with Crippen LogP contribution in [0, 0.1) is 0 Å². The van der Waals surface area contributed by atoms with Crippen molar-refractivity contribution in [2.75, 3.05) is 27.4 Å². The number of methoxy groups -OCH3 is 2. The monoisotopic (exact) mass is 676 g/mol. The summed E-state index contributed by atoms with van der Waals surface area (Å²) in [5.41, 5.74) is 5.50. The number of carbonyl (C=O) groups is 1. The predicted octanol–water partition coefficient (Wildman–Crippen LogP) is 6.15. The Bertz CT molecular complexity index is 1760. The Hall–Kier alpha value is -3.83. The molecule has 2 aromatic carbocycles. The minimum Gasteiger partial charge on any atom is -0.480 e. The molecule has 6 rings (SSSR count). The van der Waals surface area contributed by atoms with Gasteiger partial charge in [0.15, 0.2) is 0 Å². The number of aromatic nitrogens is 4. The molecule has 12 heteroatoms. The molecule has 0 spiro atoms. The molecule has 0 unspecified atom stereocenters. The van der Waals surface area contributed by atoms with E-state index in [4.69, 9.17) is 47.6 Å². The van der Waals surface area contributed by atoms with E-state index in [0.29, 0.717) is 69.4 Å². The summed E-state index contributed by atoms with van der Waals surface area (Å²) in [7, 11) is 3.16. The maximum Gasteiger partial charge on any atom is 0.237 e. The summed E-state index contributed by atoms with van der Waals surface area (Å²) in [5.74, 6) is 0.999. The van der Waals surface area contributed by atoms with Gasteiger partial charge >= 0.3 is 0 Å². The second-order valence-corrected chi connectivity index (χ2v) is 12.7. The third kappa shape index (κ3) is 7.21. The molecular formula is C35H38Cl2N6O4. The Morgan fingerprint density at radius 3 is 2.06 bits per heavy atom. The zero-order valence-corrected chi connectivity index (χ0v) is 28.0. The van der Waals surface area contributed by atoms with E-state index >= 15 is 0 Å². The van der Waals surface area contributed by atoms with Gasteiger partial charge in [-0.1, -0.05) is 59.6 Å². The number of hydrogen-bond donors (Lipinski definition) is 2. The first-order valence-electron chi connectivity index (χ1n) is 15.9. The number of rotatable bonds is 12. The molecule has 2 saturated heterocycles. The number of aliphatic hydroxyl groups excluding tert-OH is 1. The van der Waals surface area contributed by atoms with Crippen LogP contribution in [0.1, 0.15) is 49.9 Å². The summed E-state index contributed by atoms with van der Waals surface area (Å²) in [5, 5.41) is 13.7. The van der Waals surface area contributed by atoms with E-state index in [9.17, 15) is 9.90 Å². The van der Waals surface area contributed by atoms with Crippen molar-refractivity contribution < 1.29 is 19.4 Å². The quantitative estimate of drug-likeness (QED) is 0.182. The molecule has 1 amide bonds. The smallest absolute Gasteiger partial charge is 0.237 e. The Morgan fingerprint density at radius 1 is 0.894 bits per heavy atom. The van der Waals surface area contributed by atoms with Gasteiger partial charge in [-0.25, -0.2) is 9.97 Å². The largest absolute Gasteiger partial charge is 0.480 e. The van der Waals surface area contributed by atoms with E-state index in [-0.39, 0.29) is 24.6 Å². The standard InChI is InChI=1S/C35H38Cl2N6O4/c1-46-34-27(13-3-7-21-14-15-31(45)40-21)38-17-28(41-34)25-11-4-9-23(32(25)36)24-10-5-12-26(33(24)37)29-18-39-30(35(42-29)47-2)19-43-16-6-8-22(43)20-44/h4-5,9-12,17-18,21-22,44H,3,6-8,13-16,19-20H2,1-2H3,(H,40,45)/t21-,22-/m1/s1. The van der Waals surface area contributed by atoms with E-state index in [2.05, 4.69) is 15.2 Å². The van der Waals surface area contributed by atoms with Gasteiger partial charge in [0, 0.05) is 47.3 Å². The fourth-order valence-electron chi connectivity index (χ4n) is 6.45. The average Bonchev–Trinajstić information content (AvgIpc) is 3.73. The molecule has 2 aliphatic rings. The zero-order valence-electron chi connectivity index (χ0n) is 26.5. The van der Waals surface area contributed by atoms with Crippen LogP contribution in [-0.2, 0) is 17.8 Å². The van der Waals surface area contributed by atoms with Gasteiger partial charge in [0.25, 0.3) is 0 Å². The first kappa shape index (κ1) is 33.1. The Labute approximate surface area is 284 Å². The first-order chi connectivity index (χ1) is 22.9. The van der Waals surface area contributed by atoms with Crippen LogP contribution in [0.25, 0.3) is 33.6 Å². The zero-order chi connectivity index (χ0) is 32.9. The molecule has 0 radical (unpaired) electrons. The molecule has 2 N–H and O–H groups in total. The van der Waals surface area contributed by atoms with Crippen molar-refractivity contribution in [3.63, 3.8) is 0 Å². The van der Waals surface area contributed by atoms with Crippen LogP contribution in [0.3, 0.4) is 0 Å². The number of nitrogens with one attached hydrogen (secondary N) is 1. The fraction of sp³-hybridized carbons (Fsp3) is 0.400. The molecule has 2 aliphatic heterocycles. The van der Waals surface area contributed by atoms with Crippen molar-refractivity contribution >= 4 is 29.1 Å². The van der Waals surface area contributed by atoms with E-state index < -0.39 is 0 Å². The molecular weight excluding hydrogens is 639 g/mol. The minimum atomic E-state index is 0.120. The van der Waals surface area contributed by atoms with Crippen molar-refractivity contribution in [3.8, 4) is 45.4 Å². The average molecular weight is 678 g/mol. The van der Waals surface area contributed by atoms with Crippen molar-refractivity contribution in [1.29, 1.82) is 0 Å². The van der Waals surface area contributed by atoms with Crippen molar-refractivity contribution in [2.45, 2.75) is 63.6 Å². The lowest BCUT2D eigenvalue weighted by molar-refractivity contribution is -0.119. The van der Waals surface area contributed by atoms with Crippen molar-refractivity contribution in [3.05, 3.63) is 70.2 Å². The normalized spacial score (nSPS) is 18.0. The predicted molar refractivity (Wildman–Crippen MR) is 182 cm³/mol. The van der Waals surface area contributed by atoms with Crippen LogP contribution >= 0.6 is 23.2 Å². The van der Waals surface area contributed by atoms with Crippen LogP contribution in [0.2, 0.25) is 10.0 Å². The molecule has 0 bridgehead atoms. The number of amides is 1. The summed E-state index contributed by atoms with van der Waals surface area (Å²) in [6.07, 6.45) is 9.34. The maximum atomic E-state index is 11.5. The van der Waals surface area contributed by atoms with Crippen LogP contribution in [0.15, 0.2) is 48.8 Å². The third-order valence-corrected chi connectivity index (χ3v) is 9.78. The second kappa shape index (κ2) is 14.9. The number of ether oxygens (including phenoxy) is 2. The molecule has 10 nitrogen and oxygen atoms in total. The first-order valence-corrected chi connectivity index (χ1v) is 16.7. The van der Waals surface area contributed by atoms with Gasteiger partial charge in [-0.2, -0.15) is 0 Å². The number of hydrogen-bond acceptors (Lipinski definition) is 9. The summed E-state index contributed by atoms with van der Waals surface area (Å²) in [6.45, 7) is 1.57. The lowest BCUT2D eigenvalue weighted by atomic mass is 9.98. The Kier molecular flexibility index (Phi) is 10.5. The number of halogens is 2. The number of aryl methyl sites for hydroxylation is 1. The molecule has 0 saturated carbocycles. The molecule has 4 aromatic rings. The minimum absolute atomic E-state index is 0.120. The Morgan fingerprint density at radius 2 is 1.49 bits per heavy atom. The summed E-state index contributed by atoms with van der Waals surface area (Å²) >= 11 is 14.1. The van der Waals surface area contributed by atoms with Gasteiger partial charge in [0.1, 0.15) is 11.4 Å². The van der Waals surface area contributed by atoms with Gasteiger partial charge in [0.2, 0.25) is 17.7 Å². The summed E-state index contributed by atoms with van der Waals surface area (Å²) in [4.78, 5) is 32.6. The van der Waals surface area contributed by atoms with Crippen LogP contribution in [0.4, 0.5) is 0 Å². The second-order valence-electron chi connectivity index (χ2n) is 11.9. The number of benzene rings is 2. The topological polar surface area (TPSA) is 123 Å². The summed E-state index contributed by atoms with van der Waals surface area (Å²) < 4.78 is 11.3. The maximum absolute atomic E-state index is 11.5. The number of carbonyl (C=O) groups excluding carboxylic acids is 1. The van der Waals surface area contributed by atoms with Gasteiger partial charge in [-0.05, 0) is 45.1 Å². The van der Waals surface area contributed by atoms with Crippen molar-refractivity contribution in [2.24, 2.45) is 0 Å². The van der Waals surface area contributed by atoms with E-state index in [1.807, 2.05) is 36.4 Å². The number of aliphatic hydroxyl groups is 1. The molecule has 47 heavy (non-hydrogen) atoms. The van der Waals surface area contributed by atoms with E-state index in [0.717, 1.165) is 55.5 Å². The van der Waals surface area contributed by atoms with E-state index in [1.165, 1.54) is 0 Å². The van der Waals surface area contributed by atoms with Crippen molar-refractivity contribution in [1.82, 2.24) is 30.2 Å². The number of likely N-dealkylation sites (tertiary alicyclic amines) is 1. The lowest BCUT2D eigenvalue weighted by Gasteiger charge is -2.22. The van der Waals surface area contributed by atoms with Crippen LogP contribution < -0.4 is 14.8 Å². The van der Waals surface area contributed by atoms with Gasteiger partial charge in [-0.3, -0.25) is 19.7 Å². The SMILES string of the molecule is COc1nc(-c2cccc(-c3cccc(-c4cnc(CN5CCC[C@@H]5CO)c(OC)n4)c3Cl)c2Cl)cnc1CCC[C@@H]1CCC(=O)N1. The van der Waals surface area contributed by atoms with Gasteiger partial charge in [0.05, 0.1) is 54.7 Å². The van der Waals surface area contributed by atoms with Gasteiger partial charge in [-0.15, -0.1) is 0 Å². The van der Waals surface area contributed by atoms with Crippen LogP contribution in [-0.4, -0.2) is 75.3 Å². The highest BCUT2D eigenvalue weighted by Crippen LogP contribution is 2.42. The third-order valence-electron chi connectivity index (χ3n) is 8.96. The molecule has 4 heterocycles. The highest BCUT2D eigenvalue weighted by Gasteiger charge is 2.26. The highest BCUT2D eigenvalue weighted by molar-refractivity contribution is 6.39. The molecule has 2 aromatic heterocycles. The molecule has 246 valence electrons. The molecule has 2 fully saturated rings. The van der Waals surface area contributed by atoms with E-state index in [1.54, 1.807) is 26.6 Å². The number of nitrogens with zero attached hydrogens (tertiary/aromatic N) is 5. The lowest BCUT2D eigenvalue weighted by Crippen LogP contribution is -2.32. The van der Waals surface area contributed by atoms with Gasteiger partial charge < -0.3 is 19.9 Å².